The molecular weight excluding hydrogens is 323 g/mol. The van der Waals surface area contributed by atoms with Crippen molar-refractivity contribution in [2.24, 2.45) is 5.92 Å². The molecule has 1 saturated heterocycles. The van der Waals surface area contributed by atoms with Crippen LogP contribution in [0.15, 0.2) is 18.2 Å². The van der Waals surface area contributed by atoms with E-state index >= 15 is 0 Å². The Kier molecular flexibility index (Phi) is 3.96. The lowest BCUT2D eigenvalue weighted by atomic mass is 9.98. The van der Waals surface area contributed by atoms with E-state index in [4.69, 9.17) is 4.74 Å². The minimum absolute atomic E-state index is 0.00259. The number of methoxy groups -OCH3 is 1. The summed E-state index contributed by atoms with van der Waals surface area (Å²) in [6.07, 6.45) is 0.617. The minimum Gasteiger partial charge on any atom is -0.494 e. The SMILES string of the molecule is COc1ccc(C(Br)C2CCS(=O)(=O)C2)cc1F. The number of halogens is 2. The van der Waals surface area contributed by atoms with Crippen LogP contribution in [0.1, 0.15) is 16.8 Å². The molecule has 2 rings (SSSR count). The monoisotopic (exact) mass is 336 g/mol. The molecule has 1 aromatic carbocycles. The zero-order chi connectivity index (χ0) is 13.3. The standard InChI is InChI=1S/C12H14BrFO3S/c1-17-11-3-2-8(6-10(11)14)12(13)9-4-5-18(15,16)7-9/h2-3,6,9,12H,4-5,7H2,1H3. The first-order valence-corrected chi connectivity index (χ1v) is 8.34. The average molecular weight is 337 g/mol. The van der Waals surface area contributed by atoms with E-state index in [9.17, 15) is 12.8 Å². The molecule has 1 aromatic rings. The van der Waals surface area contributed by atoms with E-state index in [1.807, 2.05) is 0 Å². The van der Waals surface area contributed by atoms with Crippen LogP contribution in [-0.4, -0.2) is 27.0 Å². The molecule has 2 unspecified atom stereocenters. The Hall–Kier alpha value is -0.620. The van der Waals surface area contributed by atoms with Crippen LogP contribution in [0.2, 0.25) is 0 Å². The van der Waals surface area contributed by atoms with E-state index < -0.39 is 15.7 Å². The van der Waals surface area contributed by atoms with Crippen LogP contribution in [-0.2, 0) is 9.84 Å². The zero-order valence-electron chi connectivity index (χ0n) is 9.90. The van der Waals surface area contributed by atoms with Crippen LogP contribution < -0.4 is 4.74 Å². The molecule has 1 aliphatic heterocycles. The van der Waals surface area contributed by atoms with E-state index in [0.29, 0.717) is 6.42 Å². The molecular formula is C12H14BrFO3S. The number of hydrogen-bond acceptors (Lipinski definition) is 3. The summed E-state index contributed by atoms with van der Waals surface area (Å²) in [6, 6.07) is 4.71. The lowest BCUT2D eigenvalue weighted by Crippen LogP contribution is -2.10. The molecule has 2 atom stereocenters. The van der Waals surface area contributed by atoms with E-state index in [1.165, 1.54) is 13.2 Å². The van der Waals surface area contributed by atoms with Gasteiger partial charge in [0.05, 0.1) is 18.6 Å². The van der Waals surface area contributed by atoms with Gasteiger partial charge in [-0.3, -0.25) is 0 Å². The van der Waals surface area contributed by atoms with Crippen LogP contribution in [0.3, 0.4) is 0 Å². The molecule has 0 aliphatic carbocycles. The first-order chi connectivity index (χ1) is 8.43. The molecule has 0 saturated carbocycles. The molecule has 1 fully saturated rings. The van der Waals surface area contributed by atoms with E-state index in [1.54, 1.807) is 12.1 Å². The Morgan fingerprint density at radius 3 is 2.72 bits per heavy atom. The minimum atomic E-state index is -2.92. The maximum absolute atomic E-state index is 13.6. The smallest absolute Gasteiger partial charge is 0.165 e. The molecule has 0 N–H and O–H groups in total. The predicted octanol–water partition coefficient (Wildman–Crippen LogP) is 2.71. The molecule has 0 bridgehead atoms. The Balaban J connectivity index is 2.19. The molecule has 0 amide bonds. The van der Waals surface area contributed by atoms with Gasteiger partial charge in [0, 0.05) is 4.83 Å². The largest absolute Gasteiger partial charge is 0.494 e. The Labute approximate surface area is 114 Å². The third-order valence-corrected chi connectivity index (χ3v) is 6.25. The predicted molar refractivity (Wildman–Crippen MR) is 71.4 cm³/mol. The fourth-order valence-corrected chi connectivity index (χ4v) is 5.00. The first-order valence-electron chi connectivity index (χ1n) is 5.61. The summed E-state index contributed by atoms with van der Waals surface area (Å²) in [7, 11) is -1.51. The van der Waals surface area contributed by atoms with Gasteiger partial charge in [-0.2, -0.15) is 0 Å². The van der Waals surface area contributed by atoms with Crippen molar-refractivity contribution in [3.05, 3.63) is 29.6 Å². The summed E-state index contributed by atoms with van der Waals surface area (Å²) in [5, 5.41) is 0. The van der Waals surface area contributed by atoms with E-state index in [-0.39, 0.29) is 28.0 Å². The van der Waals surface area contributed by atoms with Crippen LogP contribution in [0.4, 0.5) is 4.39 Å². The molecule has 100 valence electrons. The van der Waals surface area contributed by atoms with Gasteiger partial charge in [0.2, 0.25) is 0 Å². The van der Waals surface area contributed by atoms with Gasteiger partial charge in [-0.1, -0.05) is 22.0 Å². The highest BCUT2D eigenvalue weighted by Gasteiger charge is 2.33. The normalized spacial score (nSPS) is 23.8. The third-order valence-electron chi connectivity index (χ3n) is 3.18. The van der Waals surface area contributed by atoms with Gasteiger partial charge in [-0.15, -0.1) is 0 Å². The van der Waals surface area contributed by atoms with Crippen molar-refractivity contribution in [1.82, 2.24) is 0 Å². The fourth-order valence-electron chi connectivity index (χ4n) is 2.18. The van der Waals surface area contributed by atoms with Crippen molar-refractivity contribution in [3.8, 4) is 5.75 Å². The van der Waals surface area contributed by atoms with Gasteiger partial charge in [0.1, 0.15) is 0 Å². The number of ether oxygens (including phenoxy) is 1. The number of alkyl halides is 1. The quantitative estimate of drug-likeness (QED) is 0.797. The maximum Gasteiger partial charge on any atom is 0.165 e. The van der Waals surface area contributed by atoms with Crippen LogP contribution in [0, 0.1) is 11.7 Å². The second-order valence-electron chi connectivity index (χ2n) is 4.46. The van der Waals surface area contributed by atoms with Gasteiger partial charge in [-0.05, 0) is 30.0 Å². The van der Waals surface area contributed by atoms with E-state index in [2.05, 4.69) is 15.9 Å². The van der Waals surface area contributed by atoms with Crippen molar-refractivity contribution in [1.29, 1.82) is 0 Å². The van der Waals surface area contributed by atoms with Crippen LogP contribution in [0.5, 0.6) is 5.75 Å². The lowest BCUT2D eigenvalue weighted by molar-refractivity contribution is 0.386. The molecule has 6 heteroatoms. The van der Waals surface area contributed by atoms with Crippen molar-refractivity contribution < 1.29 is 17.5 Å². The lowest BCUT2D eigenvalue weighted by Gasteiger charge is -2.17. The summed E-state index contributed by atoms with van der Waals surface area (Å²) in [5.41, 5.74) is 0.746. The fraction of sp³-hybridized carbons (Fsp3) is 0.500. The summed E-state index contributed by atoms with van der Waals surface area (Å²) in [5.74, 6) is 0.148. The van der Waals surface area contributed by atoms with Crippen molar-refractivity contribution in [2.45, 2.75) is 11.2 Å². The highest BCUT2D eigenvalue weighted by Crippen LogP contribution is 2.38. The summed E-state index contributed by atoms with van der Waals surface area (Å²) in [6.45, 7) is 0. The van der Waals surface area contributed by atoms with Gasteiger partial charge >= 0.3 is 0 Å². The van der Waals surface area contributed by atoms with Gasteiger partial charge in [-0.25, -0.2) is 12.8 Å². The molecule has 3 nitrogen and oxygen atoms in total. The van der Waals surface area contributed by atoms with Gasteiger partial charge < -0.3 is 4.74 Å². The van der Waals surface area contributed by atoms with Gasteiger partial charge in [0.25, 0.3) is 0 Å². The number of hydrogen-bond donors (Lipinski definition) is 0. The third kappa shape index (κ3) is 2.85. The Bertz CT molecular complexity index is 544. The van der Waals surface area contributed by atoms with Crippen molar-refractivity contribution in [2.75, 3.05) is 18.6 Å². The summed E-state index contributed by atoms with van der Waals surface area (Å²) >= 11 is 3.47. The summed E-state index contributed by atoms with van der Waals surface area (Å²) in [4.78, 5) is -0.143. The second-order valence-corrected chi connectivity index (χ2v) is 7.67. The molecule has 0 aromatic heterocycles. The average Bonchev–Trinajstić information content (AvgIpc) is 2.68. The Morgan fingerprint density at radius 2 is 2.22 bits per heavy atom. The highest BCUT2D eigenvalue weighted by molar-refractivity contribution is 9.09. The second kappa shape index (κ2) is 5.17. The highest BCUT2D eigenvalue weighted by atomic mass is 79.9. The van der Waals surface area contributed by atoms with Crippen LogP contribution in [0.25, 0.3) is 0 Å². The van der Waals surface area contributed by atoms with Gasteiger partial charge in [0.15, 0.2) is 21.4 Å². The number of rotatable bonds is 3. The summed E-state index contributed by atoms with van der Waals surface area (Å²) < 4.78 is 41.3. The van der Waals surface area contributed by atoms with E-state index in [0.717, 1.165) is 5.56 Å². The number of benzene rings is 1. The Morgan fingerprint density at radius 1 is 1.50 bits per heavy atom. The molecule has 0 radical (unpaired) electrons. The zero-order valence-corrected chi connectivity index (χ0v) is 12.3. The number of sulfone groups is 1. The first kappa shape index (κ1) is 13.8. The van der Waals surface area contributed by atoms with Crippen molar-refractivity contribution >= 4 is 25.8 Å². The van der Waals surface area contributed by atoms with Crippen molar-refractivity contribution in [3.63, 3.8) is 0 Å². The molecule has 0 spiro atoms. The topological polar surface area (TPSA) is 43.4 Å². The molecule has 1 aliphatic rings. The molecule has 18 heavy (non-hydrogen) atoms. The van der Waals surface area contributed by atoms with Crippen LogP contribution >= 0.6 is 15.9 Å². The molecule has 1 heterocycles. The maximum atomic E-state index is 13.6.